The van der Waals surface area contributed by atoms with Crippen LogP contribution in [0, 0.1) is 5.92 Å². The Hall–Kier alpha value is -8.16. The fraction of sp³-hybridized carbons (Fsp3) is 0.157. The molecule has 0 aromatic heterocycles. The van der Waals surface area contributed by atoms with Crippen LogP contribution in [0.4, 0.5) is 17.1 Å². The van der Waals surface area contributed by atoms with Crippen molar-refractivity contribution < 1.29 is 0 Å². The van der Waals surface area contributed by atoms with Crippen LogP contribution in [0.25, 0.3) is 32.7 Å². The van der Waals surface area contributed by atoms with Crippen LogP contribution in [0.5, 0.6) is 0 Å². The molecule has 358 valence electrons. The van der Waals surface area contributed by atoms with Crippen LogP contribution in [0.3, 0.4) is 0 Å². The van der Waals surface area contributed by atoms with Gasteiger partial charge in [0.2, 0.25) is 0 Å². The highest BCUT2D eigenvalue weighted by molar-refractivity contribution is 6.07. The number of hydrogen-bond donors (Lipinski definition) is 2. The summed E-state index contributed by atoms with van der Waals surface area (Å²) in [6, 6.07) is 67.4. The summed E-state index contributed by atoms with van der Waals surface area (Å²) in [5.74, 6) is 0.428. The van der Waals surface area contributed by atoms with E-state index in [2.05, 4.69) is 268 Å². The van der Waals surface area contributed by atoms with Crippen molar-refractivity contribution in [2.45, 2.75) is 58.8 Å². The minimum atomic E-state index is -0.306. The number of allylic oxidation sites excluding steroid dienone is 9. The standard InChI is InChI=1S/C39H30N2.C25H22.2C2H6.C2H4/c1-2-11-31(12-3-1)41-32-18-16-28(17-19-32)34-21-22-37-38-35(34)13-6-14-36(38)39(37)24-7-10-30(39)23-25-40-33-20-15-27-8-4-5-9-29(27)26-33;1-4-22-24(18(2)3)21-16-11-17-23(21)25(22,19-12-7-5-8-13-19)20-14-9-6-10-15-20;3*1-2/h1-23,26,40-41H,24-25H2;4-10,12-18H,1H2,2-3H3;2*1-2H3;1-2H2/b30-23-;;;;. The lowest BCUT2D eigenvalue weighted by atomic mass is 9.59. The summed E-state index contributed by atoms with van der Waals surface area (Å²) >= 11 is 0. The molecule has 0 aliphatic heterocycles. The van der Waals surface area contributed by atoms with Gasteiger partial charge in [0.15, 0.2) is 0 Å². The van der Waals surface area contributed by atoms with E-state index < -0.39 is 0 Å². The van der Waals surface area contributed by atoms with E-state index in [1.165, 1.54) is 82.8 Å². The first kappa shape index (κ1) is 50.2. The second kappa shape index (κ2) is 22.7. The number of nitrogens with one attached hydrogen (secondary N) is 2. The highest BCUT2D eigenvalue weighted by Gasteiger charge is 2.49. The Labute approximate surface area is 429 Å². The number of rotatable bonds is 10. The molecule has 0 bridgehead atoms. The summed E-state index contributed by atoms with van der Waals surface area (Å²) < 4.78 is 0. The highest BCUT2D eigenvalue weighted by atomic mass is 14.9. The maximum atomic E-state index is 4.22. The third-order valence-electron chi connectivity index (χ3n) is 14.1. The molecule has 12 rings (SSSR count). The molecular weight excluding hydrogens is 869 g/mol. The summed E-state index contributed by atoms with van der Waals surface area (Å²) in [6.07, 6.45) is 14.4. The first-order chi connectivity index (χ1) is 35.5. The maximum Gasteiger partial charge on any atom is 0.0716 e. The zero-order valence-corrected chi connectivity index (χ0v) is 43.0. The molecule has 0 amide bonds. The van der Waals surface area contributed by atoms with Gasteiger partial charge in [0.05, 0.1) is 5.41 Å². The Kier molecular flexibility index (Phi) is 15.9. The van der Waals surface area contributed by atoms with Crippen LogP contribution < -0.4 is 10.6 Å². The number of anilines is 3. The van der Waals surface area contributed by atoms with Crippen LogP contribution in [0.2, 0.25) is 0 Å². The largest absolute Gasteiger partial charge is 0.382 e. The van der Waals surface area contributed by atoms with Crippen molar-refractivity contribution in [1.82, 2.24) is 0 Å². The van der Waals surface area contributed by atoms with Gasteiger partial charge >= 0.3 is 0 Å². The van der Waals surface area contributed by atoms with Crippen LogP contribution in [0.1, 0.15) is 70.2 Å². The van der Waals surface area contributed by atoms with Crippen LogP contribution in [-0.4, -0.2) is 6.54 Å². The molecule has 0 saturated carbocycles. The van der Waals surface area contributed by atoms with Gasteiger partial charge in [0.1, 0.15) is 0 Å². The van der Waals surface area contributed by atoms with Gasteiger partial charge in [-0.2, -0.15) is 0 Å². The zero-order valence-electron chi connectivity index (χ0n) is 43.0. The SMILES string of the molecule is C1=C/C(=C/CNc2ccc3ccccc3c2)C2(C1)c1cccc3c(-c4ccc(Nc5ccccc5)cc4)ccc2c13.C=C.C=CC1=C(C(C)C)C2=C(C=C=C2)C1(c1ccccc1)c1ccccc1.CC.CC. The Morgan fingerprint density at radius 1 is 0.611 bits per heavy atom. The Morgan fingerprint density at radius 2 is 1.21 bits per heavy atom. The lowest BCUT2D eigenvalue weighted by Gasteiger charge is -2.43. The van der Waals surface area contributed by atoms with Gasteiger partial charge in [-0.3, -0.25) is 0 Å². The minimum absolute atomic E-state index is 0.0259. The van der Waals surface area contributed by atoms with Gasteiger partial charge in [-0.1, -0.05) is 224 Å². The summed E-state index contributed by atoms with van der Waals surface area (Å²) in [7, 11) is 0. The first-order valence-electron chi connectivity index (χ1n) is 25.8. The van der Waals surface area contributed by atoms with E-state index in [1.54, 1.807) is 0 Å². The molecule has 0 saturated heterocycles. The minimum Gasteiger partial charge on any atom is -0.382 e. The zero-order chi connectivity index (χ0) is 50.7. The number of benzene rings is 8. The third-order valence-corrected chi connectivity index (χ3v) is 14.1. The van der Waals surface area contributed by atoms with E-state index in [0.717, 1.165) is 30.0 Å². The molecule has 8 aromatic rings. The number of hydrogen-bond acceptors (Lipinski definition) is 2. The van der Waals surface area contributed by atoms with Gasteiger partial charge in [-0.05, 0) is 144 Å². The average Bonchev–Trinajstić information content (AvgIpc) is 4.19. The van der Waals surface area contributed by atoms with Gasteiger partial charge in [-0.25, -0.2) is 0 Å². The summed E-state index contributed by atoms with van der Waals surface area (Å²) in [5.41, 5.74) is 21.1. The fourth-order valence-corrected chi connectivity index (χ4v) is 11.3. The van der Waals surface area contributed by atoms with Crippen molar-refractivity contribution in [3.05, 3.63) is 300 Å². The molecular formula is C70H68N2. The van der Waals surface area contributed by atoms with Crippen molar-refractivity contribution in [3.8, 4) is 11.1 Å². The molecule has 2 nitrogen and oxygen atoms in total. The van der Waals surface area contributed by atoms with Gasteiger partial charge < -0.3 is 10.6 Å². The quantitative estimate of drug-likeness (QED) is 0.105. The summed E-state index contributed by atoms with van der Waals surface area (Å²) in [5, 5.41) is 12.4. The molecule has 8 aromatic carbocycles. The Balaban J connectivity index is 0.000000192. The Bertz CT molecular complexity index is 3320. The van der Waals surface area contributed by atoms with E-state index in [1.807, 2.05) is 33.8 Å². The van der Waals surface area contributed by atoms with Crippen molar-refractivity contribution in [1.29, 1.82) is 0 Å². The van der Waals surface area contributed by atoms with Crippen molar-refractivity contribution >= 4 is 38.6 Å². The molecule has 0 heterocycles. The predicted molar refractivity (Wildman–Crippen MR) is 314 cm³/mol. The molecule has 2 heteroatoms. The van der Waals surface area contributed by atoms with Crippen molar-refractivity contribution in [2.75, 3.05) is 17.2 Å². The first-order valence-corrected chi connectivity index (χ1v) is 25.8. The van der Waals surface area contributed by atoms with Crippen molar-refractivity contribution in [3.63, 3.8) is 0 Å². The van der Waals surface area contributed by atoms with E-state index in [4.69, 9.17) is 0 Å². The summed E-state index contributed by atoms with van der Waals surface area (Å²) in [4.78, 5) is 0. The third kappa shape index (κ3) is 8.96. The predicted octanol–water partition coefficient (Wildman–Crippen LogP) is 19.0. The van der Waals surface area contributed by atoms with E-state index in [0.29, 0.717) is 5.92 Å². The molecule has 72 heavy (non-hydrogen) atoms. The molecule has 0 radical (unpaired) electrons. The van der Waals surface area contributed by atoms with E-state index >= 15 is 0 Å². The molecule has 4 aliphatic rings. The average molecular weight is 937 g/mol. The fourth-order valence-electron chi connectivity index (χ4n) is 11.3. The molecule has 2 N–H and O–H groups in total. The highest BCUT2D eigenvalue weighted by Crippen LogP contribution is 2.59. The second-order valence-corrected chi connectivity index (χ2v) is 18.0. The molecule has 4 aliphatic carbocycles. The van der Waals surface area contributed by atoms with Crippen LogP contribution >= 0.6 is 0 Å². The maximum absolute atomic E-state index is 4.22. The Morgan fingerprint density at radius 3 is 1.86 bits per heavy atom. The van der Waals surface area contributed by atoms with Crippen molar-refractivity contribution in [2.24, 2.45) is 5.92 Å². The van der Waals surface area contributed by atoms with E-state index in [9.17, 15) is 0 Å². The van der Waals surface area contributed by atoms with Gasteiger partial charge in [-0.15, -0.1) is 18.9 Å². The monoisotopic (exact) mass is 937 g/mol. The topological polar surface area (TPSA) is 24.1 Å². The molecule has 1 spiro atoms. The van der Waals surface area contributed by atoms with Gasteiger partial charge in [0, 0.05) is 29.0 Å². The normalized spacial score (nSPS) is 16.5. The summed E-state index contributed by atoms with van der Waals surface area (Å²) in [6.45, 7) is 23.5. The van der Waals surface area contributed by atoms with E-state index in [-0.39, 0.29) is 10.8 Å². The van der Waals surface area contributed by atoms with Crippen LogP contribution in [-0.2, 0) is 10.8 Å². The smallest absolute Gasteiger partial charge is 0.0716 e. The second-order valence-electron chi connectivity index (χ2n) is 18.0. The van der Waals surface area contributed by atoms with Gasteiger partial charge in [0.25, 0.3) is 0 Å². The number of para-hydroxylation sites is 1. The van der Waals surface area contributed by atoms with Crippen LogP contribution in [0.15, 0.2) is 278 Å². The molecule has 1 unspecified atom stereocenters. The molecule has 0 fully saturated rings. The lowest BCUT2D eigenvalue weighted by Crippen LogP contribution is -2.35. The molecule has 1 atom stereocenters. The lowest BCUT2D eigenvalue weighted by molar-refractivity contribution is 0.629. The number of fused-ring (bicyclic) bond motifs is 3.